The van der Waals surface area contributed by atoms with Crippen LogP contribution in [0.5, 0.6) is 0 Å². The molecule has 0 aliphatic rings. The van der Waals surface area contributed by atoms with E-state index in [1.54, 1.807) is 0 Å². The Balaban J connectivity index is 1.89. The molecule has 2 heteroatoms. The van der Waals surface area contributed by atoms with Crippen LogP contribution in [0.1, 0.15) is 5.56 Å². The number of rotatable bonds is 3. The molecule has 0 amide bonds. The maximum absolute atomic E-state index is 4.54. The third-order valence-corrected chi connectivity index (χ3v) is 5.94. The summed E-state index contributed by atoms with van der Waals surface area (Å²) in [5.41, 5.74) is 5.97. The first-order chi connectivity index (χ1) is 10.3. The molecule has 0 fully saturated rings. The molecule has 0 bridgehead atoms. The fourth-order valence-electron chi connectivity index (χ4n) is 2.23. The number of nitrogens with zero attached hydrogens (tertiary/aromatic N) is 1. The van der Waals surface area contributed by atoms with Crippen LogP contribution in [0.3, 0.4) is 0 Å². The molecule has 3 rings (SSSR count). The van der Waals surface area contributed by atoms with E-state index in [0.29, 0.717) is 0 Å². The van der Waals surface area contributed by atoms with Gasteiger partial charge in [0, 0.05) is 0 Å². The van der Waals surface area contributed by atoms with E-state index in [2.05, 4.69) is 76.8 Å². The maximum atomic E-state index is 4.54. The van der Waals surface area contributed by atoms with Gasteiger partial charge in [-0.1, -0.05) is 0 Å². The van der Waals surface area contributed by atoms with Gasteiger partial charge in [-0.05, 0) is 6.92 Å². The number of aryl methyl sites for hydroxylation is 1. The number of hydrogen-bond donors (Lipinski definition) is 0. The third-order valence-electron chi connectivity index (χ3n) is 3.50. The van der Waals surface area contributed by atoms with E-state index < -0.39 is 22.8 Å². The Morgan fingerprint density at radius 1 is 0.762 bits per heavy atom. The number of benzene rings is 2. The van der Waals surface area contributed by atoms with E-state index in [0.717, 1.165) is 11.3 Å². The zero-order chi connectivity index (χ0) is 14.7. The van der Waals surface area contributed by atoms with Crippen LogP contribution in [0.15, 0.2) is 66.9 Å². The van der Waals surface area contributed by atoms with Crippen LogP contribution in [-0.4, -0.2) is 31.9 Å². The van der Waals surface area contributed by atoms with E-state index in [1.165, 1.54) is 20.0 Å². The molecule has 0 atom stereocenters. The summed E-state index contributed by atoms with van der Waals surface area (Å²) >= 11 is -0.704. The van der Waals surface area contributed by atoms with Crippen molar-refractivity contribution < 1.29 is 0 Å². The fourth-order valence-corrected chi connectivity index (χ4v) is 3.47. The van der Waals surface area contributed by atoms with Gasteiger partial charge in [0.05, 0.1) is 0 Å². The van der Waals surface area contributed by atoms with Crippen LogP contribution in [0.25, 0.3) is 22.4 Å². The SMILES string of the molecule is [CH2]=[Bi][c]1ccc(-c2ccc(-c3ccc(C)cc3)cc2)nc1. The number of pyridine rings is 1. The standard InChI is InChI=1S/C18H14N.CH2.Bi/c1-14-5-7-15(8-6-14)16-9-11-17(12-10-16)18-4-2-3-13-19-18;;/h2,4-13H,1H3;1H2;. The van der Waals surface area contributed by atoms with Crippen LogP contribution in [0, 0.1) is 6.92 Å². The predicted molar refractivity (Wildman–Crippen MR) is 92.4 cm³/mol. The summed E-state index contributed by atoms with van der Waals surface area (Å²) in [6.07, 6.45) is 1.98. The molecule has 0 spiro atoms. The molecule has 1 aromatic heterocycles. The molecule has 3 aromatic rings. The van der Waals surface area contributed by atoms with Crippen LogP contribution in [0.2, 0.25) is 0 Å². The van der Waals surface area contributed by atoms with Crippen molar-refractivity contribution in [1.29, 1.82) is 0 Å². The molecule has 0 unspecified atom stereocenters. The number of aromatic nitrogens is 1. The Bertz CT molecular complexity index is 741. The first kappa shape index (κ1) is 14.3. The molecular weight excluding hydrogens is 451 g/mol. The van der Waals surface area contributed by atoms with Gasteiger partial charge in [0.1, 0.15) is 0 Å². The molecule has 0 radical (unpaired) electrons. The average Bonchev–Trinajstić information content (AvgIpc) is 2.56. The van der Waals surface area contributed by atoms with E-state index in [4.69, 9.17) is 0 Å². The van der Waals surface area contributed by atoms with Crippen molar-refractivity contribution in [3.63, 3.8) is 0 Å². The molecule has 0 aliphatic heterocycles. The van der Waals surface area contributed by atoms with Gasteiger partial charge >= 0.3 is 130 Å². The summed E-state index contributed by atoms with van der Waals surface area (Å²) in [6, 6.07) is 21.5. The third kappa shape index (κ3) is 3.33. The van der Waals surface area contributed by atoms with Crippen LogP contribution in [-0.2, 0) is 0 Å². The predicted octanol–water partition coefficient (Wildman–Crippen LogP) is 3.49. The Morgan fingerprint density at radius 2 is 1.33 bits per heavy atom. The van der Waals surface area contributed by atoms with Gasteiger partial charge < -0.3 is 0 Å². The van der Waals surface area contributed by atoms with Gasteiger partial charge in [-0.3, -0.25) is 0 Å². The second-order valence-corrected chi connectivity index (χ2v) is 8.24. The molecular formula is C19H16BiN. The van der Waals surface area contributed by atoms with Gasteiger partial charge in [0.2, 0.25) is 0 Å². The number of hydrogen-bond acceptors (Lipinski definition) is 1. The molecule has 1 nitrogen and oxygen atoms in total. The normalized spacial score (nSPS) is 10.3. The van der Waals surface area contributed by atoms with Crippen LogP contribution in [0.4, 0.5) is 0 Å². The average molecular weight is 467 g/mol. The molecule has 1 heterocycles. The topological polar surface area (TPSA) is 12.9 Å². The summed E-state index contributed by atoms with van der Waals surface area (Å²) < 4.78 is 5.39. The first-order valence-electron chi connectivity index (χ1n) is 6.86. The zero-order valence-electron chi connectivity index (χ0n) is 12.0. The van der Waals surface area contributed by atoms with Crippen molar-refractivity contribution in [2.75, 3.05) is 0 Å². The van der Waals surface area contributed by atoms with Crippen molar-refractivity contribution in [3.8, 4) is 22.4 Å². The summed E-state index contributed by atoms with van der Waals surface area (Å²) in [7, 11) is 0. The monoisotopic (exact) mass is 467 g/mol. The Hall–Kier alpha value is -1.66. The van der Waals surface area contributed by atoms with E-state index in [-0.39, 0.29) is 0 Å². The molecule has 2 aromatic carbocycles. The molecule has 0 N–H and O–H groups in total. The second-order valence-electron chi connectivity index (χ2n) is 5.00. The van der Waals surface area contributed by atoms with Crippen LogP contribution < -0.4 is 3.27 Å². The molecule has 0 aliphatic carbocycles. The van der Waals surface area contributed by atoms with Gasteiger partial charge in [-0.15, -0.1) is 0 Å². The summed E-state index contributed by atoms with van der Waals surface area (Å²) in [5, 5.41) is 0. The van der Waals surface area contributed by atoms with E-state index >= 15 is 0 Å². The summed E-state index contributed by atoms with van der Waals surface area (Å²) in [6.45, 7) is 2.11. The van der Waals surface area contributed by atoms with Gasteiger partial charge in [-0.2, -0.15) is 0 Å². The first-order valence-corrected chi connectivity index (χ1v) is 11.1. The van der Waals surface area contributed by atoms with Gasteiger partial charge in [0.15, 0.2) is 0 Å². The summed E-state index contributed by atoms with van der Waals surface area (Å²) in [4.78, 5) is 4.54. The molecule has 0 saturated heterocycles. The van der Waals surface area contributed by atoms with Crippen molar-refractivity contribution in [1.82, 2.24) is 4.98 Å². The van der Waals surface area contributed by atoms with Gasteiger partial charge in [0.25, 0.3) is 0 Å². The van der Waals surface area contributed by atoms with Crippen molar-refractivity contribution >= 4 is 30.2 Å². The van der Waals surface area contributed by atoms with Crippen LogP contribution >= 0.6 is 0 Å². The zero-order valence-corrected chi connectivity index (χ0v) is 15.4. The minimum absolute atomic E-state index is 0.704. The summed E-state index contributed by atoms with van der Waals surface area (Å²) in [5.74, 6) is 0. The van der Waals surface area contributed by atoms with Crippen molar-refractivity contribution in [3.05, 3.63) is 72.4 Å². The fraction of sp³-hybridized carbons (Fsp3) is 0.0526. The van der Waals surface area contributed by atoms with E-state index in [1.807, 2.05) is 6.20 Å². The molecule has 0 saturated carbocycles. The van der Waals surface area contributed by atoms with Gasteiger partial charge in [-0.25, -0.2) is 0 Å². The Labute approximate surface area is 136 Å². The minimum atomic E-state index is -0.704. The molecule has 102 valence electrons. The molecule has 21 heavy (non-hydrogen) atoms. The Kier molecular flexibility index (Phi) is 4.36. The van der Waals surface area contributed by atoms with E-state index in [9.17, 15) is 0 Å². The quantitative estimate of drug-likeness (QED) is 0.538. The second kappa shape index (κ2) is 6.41. The van der Waals surface area contributed by atoms with Crippen molar-refractivity contribution in [2.24, 2.45) is 0 Å². The Morgan fingerprint density at radius 3 is 1.86 bits per heavy atom. The van der Waals surface area contributed by atoms with Crippen molar-refractivity contribution in [2.45, 2.75) is 6.92 Å².